The van der Waals surface area contributed by atoms with Gasteiger partial charge in [-0.15, -0.1) is 0 Å². The predicted molar refractivity (Wildman–Crippen MR) is 83.2 cm³/mol. The van der Waals surface area contributed by atoms with Gasteiger partial charge in [-0.1, -0.05) is 0 Å². The molecular formula is C16H21N3O4. The number of nitrogens with zero attached hydrogens (tertiary/aromatic N) is 3. The van der Waals surface area contributed by atoms with Gasteiger partial charge in [0, 0.05) is 12.5 Å². The molecule has 2 atom stereocenters. The molecule has 1 amide bonds. The van der Waals surface area contributed by atoms with E-state index in [2.05, 4.69) is 9.97 Å². The molecule has 3 heterocycles. The third-order valence-corrected chi connectivity index (χ3v) is 3.67. The largest absolute Gasteiger partial charge is 0.472 e. The summed E-state index contributed by atoms with van der Waals surface area (Å²) in [6, 6.07) is 1.82. The zero-order chi connectivity index (χ0) is 16.6. The molecule has 0 aliphatic carbocycles. The maximum absolute atomic E-state index is 12.2. The average molecular weight is 319 g/mol. The van der Waals surface area contributed by atoms with E-state index in [0.29, 0.717) is 18.1 Å². The highest BCUT2D eigenvalue weighted by molar-refractivity contribution is 5.78. The predicted octanol–water partition coefficient (Wildman–Crippen LogP) is 3.00. The summed E-state index contributed by atoms with van der Waals surface area (Å²) < 4.78 is 16.6. The molecule has 1 aliphatic heterocycles. The minimum absolute atomic E-state index is 0.0523. The van der Waals surface area contributed by atoms with Crippen molar-refractivity contribution in [2.24, 2.45) is 0 Å². The van der Waals surface area contributed by atoms with Crippen LogP contribution in [0.3, 0.4) is 0 Å². The van der Waals surface area contributed by atoms with Crippen LogP contribution >= 0.6 is 0 Å². The van der Waals surface area contributed by atoms with Crippen molar-refractivity contribution in [2.45, 2.75) is 51.9 Å². The minimum Gasteiger partial charge on any atom is -0.472 e. The lowest BCUT2D eigenvalue weighted by Crippen LogP contribution is -2.39. The first-order valence-corrected chi connectivity index (χ1v) is 7.68. The maximum atomic E-state index is 12.2. The highest BCUT2D eigenvalue weighted by Crippen LogP contribution is 2.27. The number of rotatable bonds is 2. The maximum Gasteiger partial charge on any atom is 0.410 e. The SMILES string of the molecule is C[C@H]1C[C@@H](Oc2ncnc3occc23)CN1C(=O)OC(C)(C)C. The van der Waals surface area contributed by atoms with E-state index in [0.717, 1.165) is 11.8 Å². The van der Waals surface area contributed by atoms with Gasteiger partial charge in [0.05, 0.1) is 12.8 Å². The summed E-state index contributed by atoms with van der Waals surface area (Å²) in [7, 11) is 0. The zero-order valence-corrected chi connectivity index (χ0v) is 13.8. The Kier molecular flexibility index (Phi) is 3.87. The van der Waals surface area contributed by atoms with Gasteiger partial charge in [-0.2, -0.15) is 0 Å². The lowest BCUT2D eigenvalue weighted by molar-refractivity contribution is 0.0224. The lowest BCUT2D eigenvalue weighted by Gasteiger charge is -2.26. The summed E-state index contributed by atoms with van der Waals surface area (Å²) in [5.41, 5.74) is -0.0178. The Bertz CT molecular complexity index is 707. The number of aromatic nitrogens is 2. The van der Waals surface area contributed by atoms with E-state index in [1.807, 2.05) is 27.7 Å². The summed E-state index contributed by atoms with van der Waals surface area (Å²) in [6.07, 6.45) is 3.24. The minimum atomic E-state index is -0.509. The normalized spacial score (nSPS) is 21.7. The molecule has 0 bridgehead atoms. The number of likely N-dealkylation sites (tertiary alicyclic amines) is 1. The van der Waals surface area contributed by atoms with Crippen LogP contribution in [0.15, 0.2) is 23.1 Å². The van der Waals surface area contributed by atoms with Gasteiger partial charge in [-0.05, 0) is 33.8 Å². The molecule has 1 fully saturated rings. The first kappa shape index (κ1) is 15.6. The van der Waals surface area contributed by atoms with Crippen molar-refractivity contribution in [3.63, 3.8) is 0 Å². The summed E-state index contributed by atoms with van der Waals surface area (Å²) in [6.45, 7) is 8.03. The number of amides is 1. The van der Waals surface area contributed by atoms with Crippen LogP contribution < -0.4 is 4.74 Å². The Labute approximate surface area is 134 Å². The van der Waals surface area contributed by atoms with Crippen molar-refractivity contribution >= 4 is 17.2 Å². The average Bonchev–Trinajstić information content (AvgIpc) is 3.04. The third kappa shape index (κ3) is 3.38. The highest BCUT2D eigenvalue weighted by atomic mass is 16.6. The quantitative estimate of drug-likeness (QED) is 0.847. The number of hydrogen-bond acceptors (Lipinski definition) is 6. The number of fused-ring (bicyclic) bond motifs is 1. The fourth-order valence-electron chi connectivity index (χ4n) is 2.66. The molecule has 3 rings (SSSR count). The number of ether oxygens (including phenoxy) is 2. The van der Waals surface area contributed by atoms with Crippen molar-refractivity contribution in [1.29, 1.82) is 0 Å². The van der Waals surface area contributed by atoms with Crippen LogP contribution in [0, 0.1) is 0 Å². The molecule has 0 saturated carbocycles. The Morgan fingerprint density at radius 3 is 2.91 bits per heavy atom. The summed E-state index contributed by atoms with van der Waals surface area (Å²) in [5.74, 6) is 0.479. The second-order valence-corrected chi connectivity index (χ2v) is 6.78. The molecule has 124 valence electrons. The van der Waals surface area contributed by atoms with Gasteiger partial charge in [0.1, 0.15) is 23.4 Å². The van der Waals surface area contributed by atoms with Crippen LogP contribution in [0.2, 0.25) is 0 Å². The topological polar surface area (TPSA) is 77.7 Å². The lowest BCUT2D eigenvalue weighted by atomic mass is 10.2. The van der Waals surface area contributed by atoms with Gasteiger partial charge in [0.15, 0.2) is 0 Å². The molecule has 0 unspecified atom stereocenters. The molecule has 0 radical (unpaired) electrons. The monoisotopic (exact) mass is 319 g/mol. The van der Waals surface area contributed by atoms with Crippen molar-refractivity contribution < 1.29 is 18.7 Å². The fourth-order valence-corrected chi connectivity index (χ4v) is 2.66. The standard InChI is InChI=1S/C16H21N3O4/c1-10-7-11(8-19(10)15(20)23-16(2,3)4)22-14-12-5-6-21-13(12)17-9-18-14/h5-6,9-11H,7-8H2,1-4H3/t10-,11+/m0/s1. The molecule has 0 spiro atoms. The van der Waals surface area contributed by atoms with E-state index in [-0.39, 0.29) is 18.2 Å². The van der Waals surface area contributed by atoms with E-state index >= 15 is 0 Å². The number of hydrogen-bond donors (Lipinski definition) is 0. The fraction of sp³-hybridized carbons (Fsp3) is 0.562. The van der Waals surface area contributed by atoms with Crippen LogP contribution in [-0.2, 0) is 4.74 Å². The molecule has 23 heavy (non-hydrogen) atoms. The summed E-state index contributed by atoms with van der Waals surface area (Å²) in [4.78, 5) is 22.1. The van der Waals surface area contributed by atoms with E-state index in [1.54, 1.807) is 17.2 Å². The number of carbonyl (C=O) groups excluding carboxylic acids is 1. The van der Waals surface area contributed by atoms with Gasteiger partial charge < -0.3 is 18.8 Å². The second-order valence-electron chi connectivity index (χ2n) is 6.78. The Hall–Kier alpha value is -2.31. The smallest absolute Gasteiger partial charge is 0.410 e. The molecule has 0 N–H and O–H groups in total. The van der Waals surface area contributed by atoms with E-state index < -0.39 is 5.60 Å². The van der Waals surface area contributed by atoms with Crippen molar-refractivity contribution in [3.8, 4) is 5.88 Å². The molecule has 2 aromatic rings. The molecule has 7 heteroatoms. The zero-order valence-electron chi connectivity index (χ0n) is 13.8. The molecule has 2 aromatic heterocycles. The third-order valence-electron chi connectivity index (χ3n) is 3.67. The number of furan rings is 1. The van der Waals surface area contributed by atoms with E-state index in [9.17, 15) is 4.79 Å². The first-order valence-electron chi connectivity index (χ1n) is 7.68. The Balaban J connectivity index is 1.69. The summed E-state index contributed by atoms with van der Waals surface area (Å²) >= 11 is 0. The first-order chi connectivity index (χ1) is 10.8. The highest BCUT2D eigenvalue weighted by Gasteiger charge is 2.36. The van der Waals surface area contributed by atoms with Crippen molar-refractivity contribution in [1.82, 2.24) is 14.9 Å². The van der Waals surface area contributed by atoms with Crippen LogP contribution in [-0.4, -0.2) is 45.3 Å². The molecule has 0 aromatic carbocycles. The van der Waals surface area contributed by atoms with E-state index in [4.69, 9.17) is 13.9 Å². The van der Waals surface area contributed by atoms with Crippen LogP contribution in [0.5, 0.6) is 5.88 Å². The number of carbonyl (C=O) groups is 1. The second kappa shape index (κ2) is 5.72. The molecule has 1 aliphatic rings. The van der Waals surface area contributed by atoms with Crippen LogP contribution in [0.1, 0.15) is 34.1 Å². The Morgan fingerprint density at radius 2 is 2.17 bits per heavy atom. The Morgan fingerprint density at radius 1 is 1.39 bits per heavy atom. The van der Waals surface area contributed by atoms with Gasteiger partial charge in [0.25, 0.3) is 0 Å². The van der Waals surface area contributed by atoms with Gasteiger partial charge in [-0.25, -0.2) is 14.8 Å². The van der Waals surface area contributed by atoms with Gasteiger partial charge >= 0.3 is 6.09 Å². The molecule has 1 saturated heterocycles. The van der Waals surface area contributed by atoms with Crippen molar-refractivity contribution in [3.05, 3.63) is 18.7 Å². The van der Waals surface area contributed by atoms with E-state index in [1.165, 1.54) is 6.33 Å². The van der Waals surface area contributed by atoms with Crippen LogP contribution in [0.4, 0.5) is 4.79 Å². The molecule has 7 nitrogen and oxygen atoms in total. The van der Waals surface area contributed by atoms with Crippen molar-refractivity contribution in [2.75, 3.05) is 6.54 Å². The van der Waals surface area contributed by atoms with Gasteiger partial charge in [0.2, 0.25) is 11.6 Å². The summed E-state index contributed by atoms with van der Waals surface area (Å²) in [5, 5.41) is 0.732. The molecular weight excluding hydrogens is 298 g/mol. The van der Waals surface area contributed by atoms with Crippen LogP contribution in [0.25, 0.3) is 11.1 Å². The van der Waals surface area contributed by atoms with Gasteiger partial charge in [-0.3, -0.25) is 0 Å².